The lowest BCUT2D eigenvalue weighted by molar-refractivity contribution is -0.938. The summed E-state index contributed by atoms with van der Waals surface area (Å²) in [7, 11) is 0. The summed E-state index contributed by atoms with van der Waals surface area (Å²) in [5.74, 6) is 0.0769. The number of Topliss-reactive ketones (excluding diaryl/α,β-unsaturated/α-hetero) is 2. The fourth-order valence-electron chi connectivity index (χ4n) is 5.73. The van der Waals surface area contributed by atoms with Crippen LogP contribution in [0.15, 0.2) is 84.9 Å². The molecule has 3 fully saturated rings. The number of nitrogens with zero attached hydrogens (tertiary/aromatic N) is 1. The van der Waals surface area contributed by atoms with Gasteiger partial charge in [0, 0.05) is 35.6 Å². The Kier molecular flexibility index (Phi) is 7.19. The van der Waals surface area contributed by atoms with E-state index in [1.807, 2.05) is 66.7 Å². The van der Waals surface area contributed by atoms with Crippen LogP contribution in [0.25, 0.3) is 0 Å². The summed E-state index contributed by atoms with van der Waals surface area (Å²) in [5, 5.41) is 3.30. The van der Waals surface area contributed by atoms with Gasteiger partial charge in [0.15, 0.2) is 17.9 Å². The van der Waals surface area contributed by atoms with Crippen LogP contribution in [0.1, 0.15) is 52.1 Å². The summed E-state index contributed by atoms with van der Waals surface area (Å²) in [4.78, 5) is 38.5. The van der Waals surface area contributed by atoms with Gasteiger partial charge in [-0.2, -0.15) is 0 Å². The molecule has 1 unspecified atom stereocenters. The zero-order chi connectivity index (χ0) is 25.8. The molecule has 0 aromatic heterocycles. The number of quaternary nitrogens is 1. The maximum Gasteiger partial charge on any atom is 0.333 e. The highest BCUT2D eigenvalue weighted by molar-refractivity contribution is 5.97. The van der Waals surface area contributed by atoms with Crippen molar-refractivity contribution < 1.29 is 23.6 Å². The van der Waals surface area contributed by atoms with E-state index in [9.17, 15) is 14.4 Å². The van der Waals surface area contributed by atoms with Crippen LogP contribution in [-0.4, -0.2) is 54.3 Å². The number of fused-ring (bicyclic) bond motifs is 3. The average Bonchev–Trinajstić information content (AvgIpc) is 2.93. The Balaban J connectivity index is 1.33. The average molecular weight is 498 g/mol. The number of anilines is 1. The molecule has 0 spiro atoms. The van der Waals surface area contributed by atoms with Crippen molar-refractivity contribution in [1.29, 1.82) is 0 Å². The Morgan fingerprint density at radius 2 is 1.54 bits per heavy atom. The van der Waals surface area contributed by atoms with Crippen LogP contribution in [-0.2, 0) is 9.53 Å². The predicted octanol–water partition coefficient (Wildman–Crippen LogP) is 5.08. The molecule has 0 aliphatic carbocycles. The Bertz CT molecular complexity index is 1270. The maximum absolute atomic E-state index is 13.6. The summed E-state index contributed by atoms with van der Waals surface area (Å²) in [6, 6.07) is 25.4. The van der Waals surface area contributed by atoms with Crippen molar-refractivity contribution in [2.75, 3.05) is 31.5 Å². The number of rotatable bonds is 9. The van der Waals surface area contributed by atoms with Crippen LogP contribution in [0, 0.1) is 5.92 Å². The SMILES string of the molecule is CC(=O)c1cccc(NC(C(=O)O[C@H]2C[N+]3(CC(=O)c4ccccc4)CCC2CC3)c2ccccc2)c1. The van der Waals surface area contributed by atoms with Gasteiger partial charge in [0.2, 0.25) is 5.78 Å². The van der Waals surface area contributed by atoms with Crippen molar-refractivity contribution in [3.05, 3.63) is 102 Å². The van der Waals surface area contributed by atoms with Crippen molar-refractivity contribution in [3.63, 3.8) is 0 Å². The second kappa shape index (κ2) is 10.7. The molecule has 6 rings (SSSR count). The Morgan fingerprint density at radius 1 is 0.892 bits per heavy atom. The molecule has 3 heterocycles. The van der Waals surface area contributed by atoms with Gasteiger partial charge in [-0.05, 0) is 24.6 Å². The van der Waals surface area contributed by atoms with Crippen LogP contribution in [0.5, 0.6) is 0 Å². The van der Waals surface area contributed by atoms with Crippen molar-refractivity contribution in [2.45, 2.75) is 31.9 Å². The molecule has 6 nitrogen and oxygen atoms in total. The predicted molar refractivity (Wildman–Crippen MR) is 142 cm³/mol. The Morgan fingerprint density at radius 3 is 2.22 bits per heavy atom. The second-order valence-corrected chi connectivity index (χ2v) is 10.4. The maximum atomic E-state index is 13.6. The first-order valence-electron chi connectivity index (χ1n) is 13.0. The number of hydrogen-bond acceptors (Lipinski definition) is 5. The fourth-order valence-corrected chi connectivity index (χ4v) is 5.73. The smallest absolute Gasteiger partial charge is 0.333 e. The van der Waals surface area contributed by atoms with Crippen molar-refractivity contribution in [1.82, 2.24) is 0 Å². The molecule has 1 N–H and O–H groups in total. The van der Waals surface area contributed by atoms with Crippen molar-refractivity contribution in [3.8, 4) is 0 Å². The minimum absolute atomic E-state index is 0.0335. The quantitative estimate of drug-likeness (QED) is 0.254. The van der Waals surface area contributed by atoms with E-state index in [0.29, 0.717) is 34.7 Å². The second-order valence-electron chi connectivity index (χ2n) is 10.4. The molecule has 190 valence electrons. The number of esters is 1. The molecule has 6 heteroatoms. The Hall–Kier alpha value is -3.77. The number of ketones is 2. The van der Waals surface area contributed by atoms with Crippen LogP contribution < -0.4 is 5.32 Å². The van der Waals surface area contributed by atoms with Gasteiger partial charge in [0.25, 0.3) is 0 Å². The molecule has 3 saturated heterocycles. The van der Waals surface area contributed by atoms with E-state index >= 15 is 0 Å². The molecule has 0 radical (unpaired) electrons. The standard InChI is InChI=1S/C31H33N2O4/c1-22(34)26-13-8-14-27(19-26)32-30(25-11-6-3-7-12-25)31(36)37-29-21-33(17-15-24(29)16-18-33)20-28(35)23-9-4-2-5-10-23/h2-14,19,24,29-30,32H,15-18,20-21H2,1H3/q+1/t24?,29-,30?,33?/m0/s1. The van der Waals surface area contributed by atoms with Gasteiger partial charge in [0.1, 0.15) is 13.1 Å². The first-order chi connectivity index (χ1) is 17.9. The van der Waals surface area contributed by atoms with E-state index in [-0.39, 0.29) is 23.6 Å². The number of carbonyl (C=O) groups is 3. The number of benzene rings is 3. The third kappa shape index (κ3) is 5.65. The third-order valence-electron chi connectivity index (χ3n) is 7.83. The molecule has 3 aliphatic heterocycles. The minimum Gasteiger partial charge on any atom is -0.454 e. The highest BCUT2D eigenvalue weighted by Crippen LogP contribution is 2.36. The zero-order valence-corrected chi connectivity index (χ0v) is 21.1. The molecule has 0 amide bonds. The first kappa shape index (κ1) is 24.9. The Labute approximate surface area is 217 Å². The molecule has 2 bridgehead atoms. The molecule has 37 heavy (non-hydrogen) atoms. The number of carbonyl (C=O) groups excluding carboxylic acids is 3. The molecular formula is C31H33N2O4+. The monoisotopic (exact) mass is 497 g/mol. The first-order valence-corrected chi connectivity index (χ1v) is 13.0. The summed E-state index contributed by atoms with van der Waals surface area (Å²) in [6.45, 7) is 4.50. The highest BCUT2D eigenvalue weighted by atomic mass is 16.5. The van der Waals surface area contributed by atoms with Crippen LogP contribution in [0.4, 0.5) is 5.69 Å². The van der Waals surface area contributed by atoms with Gasteiger partial charge in [-0.25, -0.2) is 4.79 Å². The molecule has 3 aromatic rings. The lowest BCUT2D eigenvalue weighted by Gasteiger charge is -2.51. The highest BCUT2D eigenvalue weighted by Gasteiger charge is 2.49. The lowest BCUT2D eigenvalue weighted by atomic mass is 9.82. The van der Waals surface area contributed by atoms with E-state index in [1.165, 1.54) is 6.92 Å². The fraction of sp³-hybridized carbons (Fsp3) is 0.323. The summed E-state index contributed by atoms with van der Waals surface area (Å²) in [5.41, 5.74) is 2.80. The molecule has 3 aliphatic rings. The van der Waals surface area contributed by atoms with Crippen molar-refractivity contribution >= 4 is 23.2 Å². The van der Waals surface area contributed by atoms with Gasteiger partial charge in [-0.1, -0.05) is 72.8 Å². The van der Waals surface area contributed by atoms with E-state index in [2.05, 4.69) is 5.32 Å². The van der Waals surface area contributed by atoms with Gasteiger partial charge in [-0.15, -0.1) is 0 Å². The zero-order valence-electron chi connectivity index (χ0n) is 21.1. The topological polar surface area (TPSA) is 72.5 Å². The largest absolute Gasteiger partial charge is 0.454 e. The van der Waals surface area contributed by atoms with E-state index in [4.69, 9.17) is 4.74 Å². The molecule has 3 aromatic carbocycles. The number of piperidine rings is 3. The molecular weight excluding hydrogens is 464 g/mol. The van der Waals surface area contributed by atoms with Crippen LogP contribution in [0.3, 0.4) is 0 Å². The van der Waals surface area contributed by atoms with Crippen molar-refractivity contribution in [2.24, 2.45) is 5.92 Å². The van der Waals surface area contributed by atoms with Gasteiger partial charge < -0.3 is 14.5 Å². The minimum atomic E-state index is -0.710. The van der Waals surface area contributed by atoms with Crippen LogP contribution >= 0.6 is 0 Å². The lowest BCUT2D eigenvalue weighted by Crippen LogP contribution is -2.65. The third-order valence-corrected chi connectivity index (χ3v) is 7.83. The van der Waals surface area contributed by atoms with E-state index in [1.54, 1.807) is 18.2 Å². The molecule has 0 saturated carbocycles. The van der Waals surface area contributed by atoms with Gasteiger partial charge >= 0.3 is 5.97 Å². The summed E-state index contributed by atoms with van der Waals surface area (Å²) < 4.78 is 6.88. The van der Waals surface area contributed by atoms with E-state index in [0.717, 1.165) is 37.1 Å². The van der Waals surface area contributed by atoms with E-state index < -0.39 is 6.04 Å². The number of hydrogen-bond donors (Lipinski definition) is 1. The number of nitrogens with one attached hydrogen (secondary N) is 1. The number of ether oxygens (including phenoxy) is 1. The van der Waals surface area contributed by atoms with Crippen LogP contribution in [0.2, 0.25) is 0 Å². The molecule has 2 atom stereocenters. The normalized spacial score (nSPS) is 23.2. The van der Waals surface area contributed by atoms with Gasteiger partial charge in [-0.3, -0.25) is 9.59 Å². The summed E-state index contributed by atoms with van der Waals surface area (Å²) in [6.07, 6.45) is 1.67. The summed E-state index contributed by atoms with van der Waals surface area (Å²) >= 11 is 0. The van der Waals surface area contributed by atoms with Gasteiger partial charge in [0.05, 0.1) is 13.1 Å².